The van der Waals surface area contributed by atoms with Gasteiger partial charge < -0.3 is 0 Å². The predicted molar refractivity (Wildman–Crippen MR) is 181 cm³/mol. The Morgan fingerprint density at radius 1 is 0.222 bits per heavy atom. The third-order valence-corrected chi connectivity index (χ3v) is 44.7. The average Bonchev–Trinajstić information content (AvgIpc) is 2.88. The Balaban J connectivity index is 2.59. The minimum Gasteiger partial charge on any atom is -0.0654 e. The van der Waals surface area contributed by atoms with Crippen molar-refractivity contribution < 1.29 is 0 Å². The predicted octanol–water partition coefficient (Wildman–Crippen LogP) is 15.0. The van der Waals surface area contributed by atoms with Crippen LogP contribution in [0, 0.1) is 0 Å². The molecule has 0 N–H and O–H groups in total. The van der Waals surface area contributed by atoms with Crippen LogP contribution in [0.3, 0.4) is 0 Å². The van der Waals surface area contributed by atoms with Crippen LogP contribution in [-0.2, 0) is 0 Å². The molecule has 0 radical (unpaired) electrons. The Morgan fingerprint density at radius 2 is 0.389 bits per heavy atom. The third-order valence-electron chi connectivity index (χ3n) is 7.91. The Labute approximate surface area is 235 Å². The molecule has 0 saturated carbocycles. The Kier molecular flexibility index (Phi) is 26.7. The van der Waals surface area contributed by atoms with Gasteiger partial charge in [-0.1, -0.05) is 156 Å². The fourth-order valence-electron chi connectivity index (χ4n) is 5.50. The van der Waals surface area contributed by atoms with Gasteiger partial charge in [-0.05, 0) is 79.5 Å². The zero-order valence-corrected chi connectivity index (χ0v) is 29.2. The molecule has 1 heterocycles. The summed E-state index contributed by atoms with van der Waals surface area (Å²) in [5, 5.41) is 0. The van der Waals surface area contributed by atoms with Crippen molar-refractivity contribution in [2.75, 3.05) is 24.6 Å². The minimum absolute atomic E-state index is 0.485. The summed E-state index contributed by atoms with van der Waals surface area (Å²) < 4.78 is 0. The lowest BCUT2D eigenvalue weighted by atomic mass is 10.1. The standard InChI is InChI=1S/C32H68P4/c1-5-9-13-17-21-25-29-33-34(30-26-22-18-14-10-6-2)36(32-28-24-20-16-12-8-4)35(33)31-27-23-19-15-11-7-3/h5-32H2,1-4H3. The van der Waals surface area contributed by atoms with Gasteiger partial charge in [-0.25, -0.2) is 0 Å². The van der Waals surface area contributed by atoms with Crippen molar-refractivity contribution in [2.24, 2.45) is 0 Å². The summed E-state index contributed by atoms with van der Waals surface area (Å²) in [6.07, 6.45) is 42.9. The maximum atomic E-state index is 2.36. The van der Waals surface area contributed by atoms with Gasteiger partial charge in [0.25, 0.3) is 0 Å². The van der Waals surface area contributed by atoms with E-state index < -0.39 is 0 Å². The maximum Gasteiger partial charge on any atom is -0.0242 e. The molecule has 0 aromatic rings. The summed E-state index contributed by atoms with van der Waals surface area (Å²) >= 11 is 0. The average molecular weight is 577 g/mol. The molecule has 0 aliphatic carbocycles. The molecule has 36 heavy (non-hydrogen) atoms. The first-order chi connectivity index (χ1) is 17.8. The van der Waals surface area contributed by atoms with Crippen LogP contribution in [-0.4, -0.2) is 24.6 Å². The van der Waals surface area contributed by atoms with Crippen LogP contribution >= 0.6 is 29.2 Å². The van der Waals surface area contributed by atoms with Crippen LogP contribution < -0.4 is 0 Å². The molecule has 4 heteroatoms. The minimum atomic E-state index is 0.485. The van der Waals surface area contributed by atoms with Crippen molar-refractivity contribution in [1.82, 2.24) is 0 Å². The summed E-state index contributed by atoms with van der Waals surface area (Å²) in [5.41, 5.74) is 0. The first-order valence-corrected chi connectivity index (χ1v) is 25.8. The van der Waals surface area contributed by atoms with Crippen LogP contribution in [0.5, 0.6) is 0 Å². The van der Waals surface area contributed by atoms with Crippen LogP contribution in [0.4, 0.5) is 0 Å². The van der Waals surface area contributed by atoms with Crippen LogP contribution in [0.2, 0.25) is 0 Å². The zero-order valence-electron chi connectivity index (χ0n) is 25.6. The van der Waals surface area contributed by atoms with E-state index in [0.29, 0.717) is 29.2 Å². The van der Waals surface area contributed by atoms with Crippen molar-refractivity contribution >= 4 is 29.2 Å². The van der Waals surface area contributed by atoms with E-state index in [4.69, 9.17) is 0 Å². The zero-order chi connectivity index (χ0) is 26.1. The highest BCUT2D eigenvalue weighted by Crippen LogP contribution is 3.20. The van der Waals surface area contributed by atoms with E-state index in [1.807, 2.05) is 0 Å². The van der Waals surface area contributed by atoms with Gasteiger partial charge in [-0.15, -0.1) is 0 Å². The van der Waals surface area contributed by atoms with E-state index in [-0.39, 0.29) is 0 Å². The van der Waals surface area contributed by atoms with E-state index in [1.54, 1.807) is 76.0 Å². The van der Waals surface area contributed by atoms with Gasteiger partial charge in [-0.2, -0.15) is 0 Å². The molecule has 0 aromatic carbocycles. The fourth-order valence-corrected chi connectivity index (χ4v) is 50.7. The molecule has 1 aliphatic heterocycles. The van der Waals surface area contributed by atoms with Gasteiger partial charge >= 0.3 is 0 Å². The van der Waals surface area contributed by atoms with E-state index in [9.17, 15) is 0 Å². The molecular weight excluding hydrogens is 508 g/mol. The van der Waals surface area contributed by atoms with E-state index in [2.05, 4.69) is 27.7 Å². The van der Waals surface area contributed by atoms with Crippen molar-refractivity contribution in [1.29, 1.82) is 0 Å². The van der Waals surface area contributed by atoms with Crippen molar-refractivity contribution in [3.63, 3.8) is 0 Å². The van der Waals surface area contributed by atoms with Gasteiger partial charge in [0.2, 0.25) is 0 Å². The van der Waals surface area contributed by atoms with Crippen LogP contribution in [0.1, 0.15) is 182 Å². The first kappa shape index (κ1) is 35.7. The summed E-state index contributed by atoms with van der Waals surface area (Å²) in [4.78, 5) is 0. The Bertz CT molecular complexity index is 356. The molecule has 0 atom stereocenters. The quantitative estimate of drug-likeness (QED) is 0.0642. The van der Waals surface area contributed by atoms with Crippen LogP contribution in [0.15, 0.2) is 0 Å². The second-order valence-electron chi connectivity index (χ2n) is 11.5. The highest BCUT2D eigenvalue weighted by Gasteiger charge is 2.47. The van der Waals surface area contributed by atoms with Gasteiger partial charge in [-0.3, -0.25) is 0 Å². The third kappa shape index (κ3) is 17.4. The van der Waals surface area contributed by atoms with Gasteiger partial charge in [0, 0.05) is 0 Å². The molecule has 216 valence electrons. The fraction of sp³-hybridized carbons (Fsp3) is 1.00. The number of rotatable bonds is 28. The SMILES string of the molecule is CCCCCCCCP1P(CCCCCCCC)P(CCCCCCCC)P1CCCCCCCC. The summed E-state index contributed by atoms with van der Waals surface area (Å²) in [6, 6.07) is 0. The van der Waals surface area contributed by atoms with Crippen molar-refractivity contribution in [3.05, 3.63) is 0 Å². The molecule has 0 bridgehead atoms. The van der Waals surface area contributed by atoms with Crippen LogP contribution in [0.25, 0.3) is 0 Å². The molecule has 0 aromatic heterocycles. The topological polar surface area (TPSA) is 0 Å². The second kappa shape index (κ2) is 26.9. The number of hydrogen-bond donors (Lipinski definition) is 0. The molecule has 0 unspecified atom stereocenters. The molecule has 1 rings (SSSR count). The Morgan fingerprint density at radius 3 is 0.583 bits per heavy atom. The van der Waals surface area contributed by atoms with Gasteiger partial charge in [0.15, 0.2) is 0 Å². The smallest absolute Gasteiger partial charge is 0.0242 e. The first-order valence-electron chi connectivity index (χ1n) is 16.9. The maximum absolute atomic E-state index is 2.36. The molecule has 0 spiro atoms. The highest BCUT2D eigenvalue weighted by atomic mass is 33.0. The molecule has 1 aliphatic rings. The lowest BCUT2D eigenvalue weighted by molar-refractivity contribution is 0.625. The highest BCUT2D eigenvalue weighted by molar-refractivity contribution is 9.08. The number of hydrogen-bond acceptors (Lipinski definition) is 0. The van der Waals surface area contributed by atoms with E-state index >= 15 is 0 Å². The van der Waals surface area contributed by atoms with Crippen molar-refractivity contribution in [2.45, 2.75) is 182 Å². The van der Waals surface area contributed by atoms with Crippen molar-refractivity contribution in [3.8, 4) is 0 Å². The number of unbranched alkanes of at least 4 members (excludes halogenated alkanes) is 20. The largest absolute Gasteiger partial charge is 0.0654 e. The summed E-state index contributed by atoms with van der Waals surface area (Å²) in [5.74, 6) is 0. The second-order valence-corrected chi connectivity index (χ2v) is 31.6. The Hall–Kier alpha value is 1.72. The summed E-state index contributed by atoms with van der Waals surface area (Å²) in [7, 11) is 1.94. The van der Waals surface area contributed by atoms with Gasteiger partial charge in [0.1, 0.15) is 0 Å². The van der Waals surface area contributed by atoms with Gasteiger partial charge in [0.05, 0.1) is 0 Å². The molecular formula is C32H68P4. The van der Waals surface area contributed by atoms with E-state index in [1.165, 1.54) is 103 Å². The molecule has 1 fully saturated rings. The normalized spacial score (nSPS) is 21.7. The van der Waals surface area contributed by atoms with E-state index in [0.717, 1.165) is 0 Å². The molecule has 1 saturated heterocycles. The molecule has 0 amide bonds. The lowest BCUT2D eigenvalue weighted by Crippen LogP contribution is -2.01. The lowest BCUT2D eigenvalue weighted by Gasteiger charge is -2.54. The summed E-state index contributed by atoms with van der Waals surface area (Å²) in [6.45, 7) is 9.42. The molecule has 0 nitrogen and oxygen atoms in total. The monoisotopic (exact) mass is 576 g/mol.